The summed E-state index contributed by atoms with van der Waals surface area (Å²) in [5.41, 5.74) is 3.50. The molecule has 1 aliphatic rings. The van der Waals surface area contributed by atoms with Crippen molar-refractivity contribution in [2.75, 3.05) is 19.0 Å². The Hall–Kier alpha value is -2.31. The molecule has 6 heteroatoms. The zero-order chi connectivity index (χ0) is 22.6. The maximum atomic E-state index is 5.93. The highest BCUT2D eigenvalue weighted by atomic mass is 32.2. The Morgan fingerprint density at radius 2 is 1.78 bits per heavy atom. The van der Waals surface area contributed by atoms with Crippen molar-refractivity contribution in [2.45, 2.75) is 63.6 Å². The molecule has 3 aromatic rings. The Kier molecular flexibility index (Phi) is 7.21. The fraction of sp³-hybridized carbons (Fsp3) is 0.462. The molecule has 1 atom stereocenters. The summed E-state index contributed by atoms with van der Waals surface area (Å²) in [5.74, 6) is 2.60. The van der Waals surface area contributed by atoms with Gasteiger partial charge < -0.3 is 9.47 Å². The maximum absolute atomic E-state index is 5.93. The lowest BCUT2D eigenvalue weighted by atomic mass is 9.87. The van der Waals surface area contributed by atoms with Crippen LogP contribution in [0.2, 0.25) is 0 Å². The van der Waals surface area contributed by atoms with Crippen LogP contribution in [0.15, 0.2) is 53.7 Å². The van der Waals surface area contributed by atoms with Crippen LogP contribution in [0.5, 0.6) is 5.75 Å². The molecule has 1 aromatic heterocycles. The van der Waals surface area contributed by atoms with Gasteiger partial charge in [-0.2, -0.15) is 0 Å². The molecule has 0 bridgehead atoms. The average molecular weight is 452 g/mol. The number of thioether (sulfide) groups is 1. The number of hydrogen-bond donors (Lipinski definition) is 0. The molecular formula is C26H33N3O2S. The van der Waals surface area contributed by atoms with Gasteiger partial charge in [0.05, 0.1) is 12.7 Å². The maximum Gasteiger partial charge on any atom is 0.196 e. The molecule has 0 amide bonds. The minimum Gasteiger partial charge on any atom is -0.494 e. The van der Waals surface area contributed by atoms with Gasteiger partial charge in [-0.15, -0.1) is 10.2 Å². The highest BCUT2D eigenvalue weighted by Gasteiger charge is 2.21. The third kappa shape index (κ3) is 5.36. The normalized spacial score (nSPS) is 16.8. The third-order valence-electron chi connectivity index (χ3n) is 5.72. The molecule has 0 N–H and O–H groups in total. The summed E-state index contributed by atoms with van der Waals surface area (Å²) in [6.45, 7) is 10.2. The third-order valence-corrected chi connectivity index (χ3v) is 6.78. The minimum absolute atomic E-state index is 0.113. The van der Waals surface area contributed by atoms with Crippen LogP contribution in [0, 0.1) is 0 Å². The molecule has 5 nitrogen and oxygen atoms in total. The van der Waals surface area contributed by atoms with Gasteiger partial charge in [-0.25, -0.2) is 0 Å². The first-order chi connectivity index (χ1) is 15.5. The van der Waals surface area contributed by atoms with E-state index in [4.69, 9.17) is 9.47 Å². The topological polar surface area (TPSA) is 49.2 Å². The Morgan fingerprint density at radius 1 is 1.03 bits per heavy atom. The Labute approximate surface area is 195 Å². The molecular weight excluding hydrogens is 418 g/mol. The van der Waals surface area contributed by atoms with E-state index in [1.807, 2.05) is 19.1 Å². The first kappa shape index (κ1) is 22.9. The zero-order valence-electron chi connectivity index (χ0n) is 19.5. The summed E-state index contributed by atoms with van der Waals surface area (Å²) in [7, 11) is 0. The average Bonchev–Trinajstić information content (AvgIpc) is 3.22. The zero-order valence-corrected chi connectivity index (χ0v) is 20.3. The quantitative estimate of drug-likeness (QED) is 0.395. The summed E-state index contributed by atoms with van der Waals surface area (Å²) >= 11 is 1.72. The molecule has 1 saturated heterocycles. The number of nitrogens with zero attached hydrogens (tertiary/aromatic N) is 3. The summed E-state index contributed by atoms with van der Waals surface area (Å²) in [6.07, 6.45) is 3.81. The summed E-state index contributed by atoms with van der Waals surface area (Å²) in [5, 5.41) is 10.1. The second kappa shape index (κ2) is 10.1. The van der Waals surface area contributed by atoms with Crippen molar-refractivity contribution in [1.29, 1.82) is 0 Å². The van der Waals surface area contributed by atoms with Crippen molar-refractivity contribution in [2.24, 2.45) is 0 Å². The first-order valence-electron chi connectivity index (χ1n) is 11.5. The van der Waals surface area contributed by atoms with E-state index in [9.17, 15) is 0 Å². The summed E-state index contributed by atoms with van der Waals surface area (Å²) in [6, 6.07) is 16.8. The van der Waals surface area contributed by atoms with Crippen LogP contribution in [-0.4, -0.2) is 39.8 Å². The number of hydrogen-bond acceptors (Lipinski definition) is 5. The monoisotopic (exact) mass is 451 g/mol. The predicted octanol–water partition coefficient (Wildman–Crippen LogP) is 6.29. The SMILES string of the molecule is CCOc1ccc(-n2c(SC[C@H]3CCCCO3)nnc2-c2ccc(C(C)(C)C)cc2)cc1. The van der Waals surface area contributed by atoms with Crippen LogP contribution in [-0.2, 0) is 10.2 Å². The van der Waals surface area contributed by atoms with Crippen LogP contribution in [0.3, 0.4) is 0 Å². The van der Waals surface area contributed by atoms with Gasteiger partial charge in [-0.05, 0) is 61.4 Å². The van der Waals surface area contributed by atoms with E-state index in [1.54, 1.807) is 11.8 Å². The Bertz CT molecular complexity index is 1000. The highest BCUT2D eigenvalue weighted by molar-refractivity contribution is 7.99. The van der Waals surface area contributed by atoms with Crippen LogP contribution in [0.25, 0.3) is 17.1 Å². The van der Waals surface area contributed by atoms with E-state index in [2.05, 4.69) is 71.9 Å². The molecule has 1 aliphatic heterocycles. The number of aromatic nitrogens is 3. The van der Waals surface area contributed by atoms with Gasteiger partial charge >= 0.3 is 0 Å². The molecule has 32 heavy (non-hydrogen) atoms. The molecule has 0 saturated carbocycles. The van der Waals surface area contributed by atoms with Gasteiger partial charge in [0.15, 0.2) is 11.0 Å². The minimum atomic E-state index is 0.113. The molecule has 0 unspecified atom stereocenters. The molecule has 1 fully saturated rings. The fourth-order valence-electron chi connectivity index (χ4n) is 3.87. The number of benzene rings is 2. The standard InChI is InChI=1S/C26H33N3O2S/c1-5-30-22-15-13-21(14-16-22)29-24(19-9-11-20(12-10-19)26(2,3)4)27-28-25(29)32-18-23-8-6-7-17-31-23/h9-16,23H,5-8,17-18H2,1-4H3/t23-/m1/s1. The Balaban J connectivity index is 1.67. The van der Waals surface area contributed by atoms with E-state index in [1.165, 1.54) is 12.0 Å². The number of ether oxygens (including phenoxy) is 2. The largest absolute Gasteiger partial charge is 0.494 e. The lowest BCUT2D eigenvalue weighted by Crippen LogP contribution is -2.21. The van der Waals surface area contributed by atoms with Crippen molar-refractivity contribution in [1.82, 2.24) is 14.8 Å². The number of rotatable bonds is 7. The molecule has 2 aromatic carbocycles. The lowest BCUT2D eigenvalue weighted by Gasteiger charge is -2.22. The van der Waals surface area contributed by atoms with E-state index >= 15 is 0 Å². The van der Waals surface area contributed by atoms with Crippen molar-refractivity contribution >= 4 is 11.8 Å². The Morgan fingerprint density at radius 3 is 2.41 bits per heavy atom. The summed E-state index contributed by atoms with van der Waals surface area (Å²) in [4.78, 5) is 0. The van der Waals surface area contributed by atoms with Gasteiger partial charge in [0.25, 0.3) is 0 Å². The van der Waals surface area contributed by atoms with Gasteiger partial charge in [0.1, 0.15) is 5.75 Å². The van der Waals surface area contributed by atoms with Crippen LogP contribution in [0.1, 0.15) is 52.5 Å². The molecule has 170 valence electrons. The molecule has 4 rings (SSSR count). The predicted molar refractivity (Wildman–Crippen MR) is 131 cm³/mol. The van der Waals surface area contributed by atoms with Crippen molar-refractivity contribution in [3.05, 3.63) is 54.1 Å². The van der Waals surface area contributed by atoms with E-state index in [0.717, 1.165) is 53.2 Å². The van der Waals surface area contributed by atoms with Gasteiger partial charge in [-0.3, -0.25) is 4.57 Å². The van der Waals surface area contributed by atoms with E-state index < -0.39 is 0 Å². The van der Waals surface area contributed by atoms with Crippen LogP contribution < -0.4 is 4.74 Å². The summed E-state index contributed by atoms with van der Waals surface area (Å²) < 4.78 is 13.7. The van der Waals surface area contributed by atoms with Gasteiger partial charge in [0, 0.05) is 23.6 Å². The fourth-order valence-corrected chi connectivity index (χ4v) is 4.88. The molecule has 0 radical (unpaired) electrons. The molecule has 0 spiro atoms. The van der Waals surface area contributed by atoms with Gasteiger partial charge in [-0.1, -0.05) is 56.8 Å². The first-order valence-corrected chi connectivity index (χ1v) is 12.5. The second-order valence-electron chi connectivity index (χ2n) is 9.20. The van der Waals surface area contributed by atoms with Crippen molar-refractivity contribution in [3.63, 3.8) is 0 Å². The molecule has 2 heterocycles. The van der Waals surface area contributed by atoms with Crippen LogP contribution in [0.4, 0.5) is 0 Å². The van der Waals surface area contributed by atoms with E-state index in [0.29, 0.717) is 6.61 Å². The van der Waals surface area contributed by atoms with Crippen molar-refractivity contribution < 1.29 is 9.47 Å². The molecule has 0 aliphatic carbocycles. The van der Waals surface area contributed by atoms with E-state index in [-0.39, 0.29) is 11.5 Å². The second-order valence-corrected chi connectivity index (χ2v) is 10.2. The van der Waals surface area contributed by atoms with Crippen molar-refractivity contribution in [3.8, 4) is 22.8 Å². The van der Waals surface area contributed by atoms with Gasteiger partial charge in [0.2, 0.25) is 0 Å². The smallest absolute Gasteiger partial charge is 0.196 e. The lowest BCUT2D eigenvalue weighted by molar-refractivity contribution is 0.0315. The highest BCUT2D eigenvalue weighted by Crippen LogP contribution is 2.32. The van der Waals surface area contributed by atoms with Crippen LogP contribution >= 0.6 is 11.8 Å².